The lowest BCUT2D eigenvalue weighted by molar-refractivity contribution is -0.776. The van der Waals surface area contributed by atoms with Crippen LogP contribution in [0.25, 0.3) is 11.1 Å². The highest BCUT2D eigenvalue weighted by Gasteiger charge is 2.51. The van der Waals surface area contributed by atoms with Gasteiger partial charge < -0.3 is 49.4 Å². The van der Waals surface area contributed by atoms with Crippen LogP contribution < -0.4 is 25.4 Å². The van der Waals surface area contributed by atoms with Crippen molar-refractivity contribution >= 4 is 52.4 Å². The third-order valence-electron chi connectivity index (χ3n) is 9.06. The summed E-state index contributed by atoms with van der Waals surface area (Å²) >= 11 is 0.943. The van der Waals surface area contributed by atoms with Crippen molar-refractivity contribution in [2.75, 3.05) is 18.4 Å². The van der Waals surface area contributed by atoms with E-state index >= 15 is 0 Å². The molecule has 21 heteroatoms. The molecule has 1 aliphatic heterocycles. The van der Waals surface area contributed by atoms with Crippen LogP contribution in [0.1, 0.15) is 114 Å². The van der Waals surface area contributed by atoms with Crippen LogP contribution in [0.4, 0.5) is 19.5 Å². The molecule has 0 radical (unpaired) electrons. The number of benzene rings is 1. The summed E-state index contributed by atoms with van der Waals surface area (Å²) in [6, 6.07) is 5.56. The molecule has 4 rings (SSSR count). The first-order valence-electron chi connectivity index (χ1n) is 21.6. The van der Waals surface area contributed by atoms with Gasteiger partial charge in [0.2, 0.25) is 11.9 Å². The zero-order valence-corrected chi connectivity index (χ0v) is 41.0. The normalized spacial score (nSPS) is 15.8. The van der Waals surface area contributed by atoms with Gasteiger partial charge in [-0.15, -0.1) is 16.0 Å². The van der Waals surface area contributed by atoms with Crippen molar-refractivity contribution in [3.05, 3.63) is 47.2 Å². The number of carboxylic acid groups (broad SMARTS) is 1. The SMILES string of the molecule is CC(C)(C)OC(=O)NCCC[n+]1cc(-c2ccc3c(c2)CC[C@H]([C@](C)(O/N=C(\C(=O)O)c2csc(NC(=O)OC(C)(C)C)n2)C(=O)OC(C)(C)C)O3)cn1C[C@@H](O)CNC(=O)OC(C)(C)C. The third-order valence-corrected chi connectivity index (χ3v) is 9.82. The van der Waals surface area contributed by atoms with Crippen molar-refractivity contribution in [2.45, 2.75) is 163 Å². The third kappa shape index (κ3) is 16.5. The van der Waals surface area contributed by atoms with E-state index in [4.69, 9.17) is 28.5 Å². The highest BCUT2D eigenvalue weighted by Crippen LogP contribution is 2.37. The number of carbonyl (C=O) groups is 5. The lowest BCUT2D eigenvalue weighted by atomic mass is 9.89. The number of thiazole rings is 1. The van der Waals surface area contributed by atoms with Gasteiger partial charge >= 0.3 is 30.2 Å². The molecule has 3 aromatic rings. The number of nitrogens with zero attached hydrogens (tertiary/aromatic N) is 4. The quantitative estimate of drug-likeness (QED) is 0.0262. The largest absolute Gasteiger partial charge is 0.485 e. The monoisotopic (exact) mass is 944 g/mol. The zero-order valence-electron chi connectivity index (χ0n) is 40.2. The van der Waals surface area contributed by atoms with Crippen LogP contribution in [0.3, 0.4) is 0 Å². The van der Waals surface area contributed by atoms with E-state index in [0.29, 0.717) is 31.7 Å². The van der Waals surface area contributed by atoms with Crippen LogP contribution in [0.15, 0.2) is 41.1 Å². The van der Waals surface area contributed by atoms with Crippen molar-refractivity contribution in [3.63, 3.8) is 0 Å². The van der Waals surface area contributed by atoms with Crippen molar-refractivity contribution in [1.29, 1.82) is 0 Å². The first-order chi connectivity index (χ1) is 30.4. The standard InChI is InChI=1S/C45H65N7O13S/c1-41(2,3)61-36(56)45(13,65-50-34(35(54)55)31-26-66-37(48-31)49-40(59)64-44(10,11)12)33-18-16-28-21-27(15-17-32(28)60-33)29-23-51(20-14-19-46-38(57)62-42(4,5)6)52(24-29)25-30(53)22-47-39(58)63-43(7,8)9/h15,17,21,23-24,26,30,33,53H,14,16,18-20,22,25H2,1-13H3,(H3-,46,47,48,49,54,55,57,58,59)/p+1/b50-34-/t30-,33+,45-/m0/s1. The highest BCUT2D eigenvalue weighted by atomic mass is 32.1. The number of aromatic nitrogens is 3. The predicted molar refractivity (Wildman–Crippen MR) is 243 cm³/mol. The number of hydrogen-bond donors (Lipinski definition) is 5. The minimum absolute atomic E-state index is 0.0545. The summed E-state index contributed by atoms with van der Waals surface area (Å²) in [6.07, 6.45) is 1.07. The van der Waals surface area contributed by atoms with E-state index in [-0.39, 0.29) is 30.3 Å². The van der Waals surface area contributed by atoms with Crippen molar-refractivity contribution in [1.82, 2.24) is 20.3 Å². The molecule has 0 aliphatic carbocycles. The molecule has 0 bridgehead atoms. The Bertz CT molecular complexity index is 2250. The molecule has 0 spiro atoms. The summed E-state index contributed by atoms with van der Waals surface area (Å²) in [4.78, 5) is 73.3. The summed E-state index contributed by atoms with van der Waals surface area (Å²) in [7, 11) is 0. The van der Waals surface area contributed by atoms with Gasteiger partial charge in [0.1, 0.15) is 40.4 Å². The molecule has 3 heterocycles. The highest BCUT2D eigenvalue weighted by molar-refractivity contribution is 7.14. The maximum absolute atomic E-state index is 13.9. The van der Waals surface area contributed by atoms with E-state index in [1.165, 1.54) is 12.3 Å². The number of aliphatic hydroxyl groups is 1. The van der Waals surface area contributed by atoms with Gasteiger partial charge in [0.15, 0.2) is 17.8 Å². The molecule has 3 amide bonds. The molecule has 0 unspecified atom stereocenters. The Morgan fingerprint density at radius 1 is 0.879 bits per heavy atom. The number of nitrogens with one attached hydrogen (secondary N) is 3. The number of aliphatic hydroxyl groups excluding tert-OH is 1. The summed E-state index contributed by atoms with van der Waals surface area (Å²) < 4.78 is 31.8. The van der Waals surface area contributed by atoms with Crippen molar-refractivity contribution in [3.8, 4) is 16.9 Å². The van der Waals surface area contributed by atoms with Crippen molar-refractivity contribution < 1.29 is 67.4 Å². The van der Waals surface area contributed by atoms with Crippen molar-refractivity contribution in [2.24, 2.45) is 5.16 Å². The van der Waals surface area contributed by atoms with Crippen LogP contribution in [0.5, 0.6) is 5.75 Å². The number of hydrogen-bond acceptors (Lipinski definition) is 15. The molecule has 66 heavy (non-hydrogen) atoms. The van der Waals surface area contributed by atoms with Gasteiger partial charge in [-0.1, -0.05) is 11.2 Å². The second-order valence-electron chi connectivity index (χ2n) is 19.9. The lowest BCUT2D eigenvalue weighted by Crippen LogP contribution is -2.54. The van der Waals surface area contributed by atoms with Gasteiger partial charge in [0.25, 0.3) is 5.60 Å². The molecule has 1 aliphatic rings. The topological polar surface area (TPSA) is 251 Å². The Labute approximate surface area is 389 Å². The Morgan fingerprint density at radius 2 is 1.48 bits per heavy atom. The number of esters is 1. The number of alkyl carbamates (subject to hydrolysis) is 2. The van der Waals surface area contributed by atoms with Crippen LogP contribution in [0.2, 0.25) is 0 Å². The van der Waals surface area contributed by atoms with Gasteiger partial charge in [0.05, 0.1) is 17.9 Å². The second-order valence-corrected chi connectivity index (χ2v) is 20.8. The number of carbonyl (C=O) groups excluding carboxylic acids is 4. The molecule has 0 saturated carbocycles. The number of rotatable bonds is 16. The average Bonchev–Trinajstić information content (AvgIpc) is 3.78. The van der Waals surface area contributed by atoms with E-state index < -0.39 is 76.1 Å². The van der Waals surface area contributed by atoms with Gasteiger partial charge in [-0.2, -0.15) is 4.68 Å². The van der Waals surface area contributed by atoms with Gasteiger partial charge in [-0.25, -0.2) is 29.0 Å². The minimum atomic E-state index is -1.95. The summed E-state index contributed by atoms with van der Waals surface area (Å²) in [5, 5.41) is 34.3. The van der Waals surface area contributed by atoms with Crippen LogP contribution in [-0.2, 0) is 52.9 Å². The van der Waals surface area contributed by atoms with Crippen LogP contribution in [-0.4, -0.2) is 109 Å². The van der Waals surface area contributed by atoms with Crippen LogP contribution >= 0.6 is 11.3 Å². The fourth-order valence-corrected chi connectivity index (χ4v) is 6.95. The number of anilines is 1. The molecule has 3 atom stereocenters. The van der Waals surface area contributed by atoms with E-state index in [2.05, 4.69) is 26.1 Å². The first kappa shape index (κ1) is 52.7. The fourth-order valence-electron chi connectivity index (χ4n) is 6.27. The lowest BCUT2D eigenvalue weighted by Gasteiger charge is -2.37. The predicted octanol–water partition coefficient (Wildman–Crippen LogP) is 6.35. The number of fused-ring (bicyclic) bond motifs is 1. The maximum Gasteiger partial charge on any atom is 0.413 e. The van der Waals surface area contributed by atoms with Gasteiger partial charge in [-0.3, -0.25) is 5.32 Å². The summed E-state index contributed by atoms with van der Waals surface area (Å²) in [5.74, 6) is -1.88. The van der Waals surface area contributed by atoms with E-state index in [1.54, 1.807) is 89.2 Å². The average molecular weight is 945 g/mol. The number of carboxylic acids is 1. The molecule has 1 aromatic carbocycles. The molecular formula is C45H66N7O13S+. The van der Waals surface area contributed by atoms with Gasteiger partial charge in [-0.05, 0) is 126 Å². The molecule has 0 saturated heterocycles. The Morgan fingerprint density at radius 3 is 2.09 bits per heavy atom. The van der Waals surface area contributed by atoms with E-state index in [0.717, 1.165) is 28.0 Å². The Balaban J connectivity index is 1.58. The number of aryl methyl sites for hydroxylation is 2. The fraction of sp³-hybridized carbons (Fsp3) is 0.600. The molecule has 5 N–H and O–H groups in total. The smallest absolute Gasteiger partial charge is 0.413 e. The summed E-state index contributed by atoms with van der Waals surface area (Å²) in [5.41, 5.74) is -3.34. The molecule has 0 fully saturated rings. The van der Waals surface area contributed by atoms with Crippen LogP contribution in [0, 0.1) is 0 Å². The van der Waals surface area contributed by atoms with E-state index in [9.17, 15) is 34.2 Å². The van der Waals surface area contributed by atoms with Gasteiger partial charge in [0, 0.05) is 24.9 Å². The molecular weight excluding hydrogens is 879 g/mol. The minimum Gasteiger partial charge on any atom is -0.485 e. The number of ether oxygens (including phenoxy) is 5. The number of aliphatic carboxylic acids is 1. The summed E-state index contributed by atoms with van der Waals surface area (Å²) in [6.45, 7) is 23.0. The first-order valence-corrected chi connectivity index (χ1v) is 22.5. The second kappa shape index (κ2) is 21.1. The number of oxime groups is 1. The molecule has 20 nitrogen and oxygen atoms in total. The Kier molecular flexibility index (Phi) is 16.9. The maximum atomic E-state index is 13.9. The zero-order chi connectivity index (χ0) is 49.4. The molecule has 2 aromatic heterocycles. The molecule has 364 valence electrons. The number of amides is 3. The van der Waals surface area contributed by atoms with E-state index in [1.807, 2.05) is 33.9 Å². The Hall–Kier alpha value is -5.96.